The molecule has 0 N–H and O–H groups in total. The second-order valence-electron chi connectivity index (χ2n) is 6.37. The van der Waals surface area contributed by atoms with Gasteiger partial charge in [-0.3, -0.25) is 9.59 Å². The zero-order valence-corrected chi connectivity index (χ0v) is 16.5. The van der Waals surface area contributed by atoms with E-state index in [4.69, 9.17) is 9.47 Å². The van der Waals surface area contributed by atoms with E-state index >= 15 is 0 Å². The summed E-state index contributed by atoms with van der Waals surface area (Å²) in [5.74, 6) is 1.26. The van der Waals surface area contributed by atoms with Crippen LogP contribution in [0.15, 0.2) is 23.6 Å². The molecule has 0 saturated carbocycles. The highest BCUT2D eigenvalue weighted by molar-refractivity contribution is 7.09. The van der Waals surface area contributed by atoms with Crippen molar-refractivity contribution in [2.24, 2.45) is 0 Å². The van der Waals surface area contributed by atoms with Crippen molar-refractivity contribution >= 4 is 23.2 Å². The van der Waals surface area contributed by atoms with E-state index in [2.05, 4.69) is 4.98 Å². The number of rotatable bonds is 5. The van der Waals surface area contributed by atoms with Gasteiger partial charge in [0.25, 0.3) is 5.91 Å². The molecule has 0 atom stereocenters. The Balaban J connectivity index is 1.59. The minimum atomic E-state index is -0.103. The van der Waals surface area contributed by atoms with Crippen molar-refractivity contribution < 1.29 is 19.1 Å². The number of nitrogens with zero attached hydrogens (tertiary/aromatic N) is 3. The number of piperazine rings is 1. The molecular formula is C19H23N3O4S. The lowest BCUT2D eigenvalue weighted by Gasteiger charge is -2.33. The molecule has 0 spiro atoms. The monoisotopic (exact) mass is 389 g/mol. The molecule has 1 aromatic heterocycles. The van der Waals surface area contributed by atoms with E-state index in [1.54, 1.807) is 29.2 Å². The molecule has 0 aliphatic carbocycles. The predicted molar refractivity (Wildman–Crippen MR) is 102 cm³/mol. The third-order valence-electron chi connectivity index (χ3n) is 4.45. The zero-order chi connectivity index (χ0) is 19.4. The molecule has 0 bridgehead atoms. The number of methoxy groups -OCH3 is 1. The fraction of sp³-hybridized carbons (Fsp3) is 0.421. The Morgan fingerprint density at radius 3 is 2.52 bits per heavy atom. The largest absolute Gasteiger partial charge is 0.493 e. The van der Waals surface area contributed by atoms with E-state index in [0.717, 1.165) is 10.6 Å². The first-order valence-electron chi connectivity index (χ1n) is 8.74. The van der Waals surface area contributed by atoms with Gasteiger partial charge in [0, 0.05) is 38.5 Å². The van der Waals surface area contributed by atoms with Crippen LogP contribution in [0.3, 0.4) is 0 Å². The summed E-state index contributed by atoms with van der Waals surface area (Å²) in [6, 6.07) is 5.73. The van der Waals surface area contributed by atoms with Crippen LogP contribution in [0.1, 0.15) is 28.0 Å². The Morgan fingerprint density at radius 1 is 1.15 bits per heavy atom. The lowest BCUT2D eigenvalue weighted by Crippen LogP contribution is -2.50. The molecule has 7 nitrogen and oxygen atoms in total. The summed E-state index contributed by atoms with van der Waals surface area (Å²) >= 11 is 1.39. The minimum Gasteiger partial charge on any atom is -0.493 e. The number of aromatic nitrogens is 1. The van der Waals surface area contributed by atoms with E-state index < -0.39 is 0 Å². The van der Waals surface area contributed by atoms with Crippen LogP contribution in [0.5, 0.6) is 11.5 Å². The number of benzene rings is 1. The maximum absolute atomic E-state index is 12.6. The summed E-state index contributed by atoms with van der Waals surface area (Å²) in [5.41, 5.74) is 1.51. The Hall–Kier alpha value is -2.61. The van der Waals surface area contributed by atoms with Crippen LogP contribution in [0.4, 0.5) is 0 Å². The molecule has 1 fully saturated rings. The van der Waals surface area contributed by atoms with Gasteiger partial charge in [-0.05, 0) is 24.6 Å². The van der Waals surface area contributed by atoms with Crippen LogP contribution >= 0.6 is 11.3 Å². The number of thiazole rings is 1. The normalized spacial score (nSPS) is 14.2. The number of carbonyl (C=O) groups excluding carboxylic acids is 2. The van der Waals surface area contributed by atoms with Crippen LogP contribution in [0.25, 0.3) is 0 Å². The van der Waals surface area contributed by atoms with Crippen molar-refractivity contribution in [1.29, 1.82) is 0 Å². The fourth-order valence-corrected chi connectivity index (χ4v) is 3.57. The fourth-order valence-electron chi connectivity index (χ4n) is 2.90. The van der Waals surface area contributed by atoms with Gasteiger partial charge in [-0.15, -0.1) is 11.3 Å². The third-order valence-corrected chi connectivity index (χ3v) is 5.28. The number of aryl methyl sites for hydroxylation is 1. The lowest BCUT2D eigenvalue weighted by atomic mass is 10.2. The smallest absolute Gasteiger partial charge is 0.273 e. The molecule has 1 aliphatic rings. The van der Waals surface area contributed by atoms with Gasteiger partial charge >= 0.3 is 0 Å². The Morgan fingerprint density at radius 2 is 1.85 bits per heavy atom. The summed E-state index contributed by atoms with van der Waals surface area (Å²) in [7, 11) is 1.60. The van der Waals surface area contributed by atoms with Crippen LogP contribution < -0.4 is 9.47 Å². The predicted octanol–water partition coefficient (Wildman–Crippen LogP) is 2.34. The zero-order valence-electron chi connectivity index (χ0n) is 15.7. The van der Waals surface area contributed by atoms with Crippen molar-refractivity contribution in [2.45, 2.75) is 20.5 Å². The lowest BCUT2D eigenvalue weighted by molar-refractivity contribution is -0.130. The summed E-state index contributed by atoms with van der Waals surface area (Å²) < 4.78 is 11.1. The van der Waals surface area contributed by atoms with E-state index in [0.29, 0.717) is 43.4 Å². The van der Waals surface area contributed by atoms with Crippen LogP contribution in [-0.2, 0) is 11.4 Å². The summed E-state index contributed by atoms with van der Waals surface area (Å²) in [4.78, 5) is 31.9. The molecule has 0 unspecified atom stereocenters. The second-order valence-corrected chi connectivity index (χ2v) is 7.31. The highest BCUT2D eigenvalue weighted by Gasteiger charge is 2.24. The maximum Gasteiger partial charge on any atom is 0.273 e. The van der Waals surface area contributed by atoms with Gasteiger partial charge in [-0.25, -0.2) is 4.98 Å². The van der Waals surface area contributed by atoms with E-state index in [9.17, 15) is 9.59 Å². The average molecular weight is 389 g/mol. The van der Waals surface area contributed by atoms with E-state index in [1.807, 2.05) is 25.1 Å². The molecule has 1 aliphatic heterocycles. The first-order chi connectivity index (χ1) is 13.0. The molecule has 144 valence electrons. The maximum atomic E-state index is 12.6. The second kappa shape index (κ2) is 8.39. The van der Waals surface area contributed by atoms with Crippen LogP contribution in [0, 0.1) is 6.92 Å². The van der Waals surface area contributed by atoms with Gasteiger partial charge in [0.15, 0.2) is 11.5 Å². The Labute approximate surface area is 162 Å². The highest BCUT2D eigenvalue weighted by atomic mass is 32.1. The first-order valence-corrected chi connectivity index (χ1v) is 9.62. The summed E-state index contributed by atoms with van der Waals surface area (Å²) in [5, 5.41) is 2.48. The van der Waals surface area contributed by atoms with Crippen molar-refractivity contribution in [3.8, 4) is 11.5 Å². The Kier molecular flexibility index (Phi) is 5.95. The molecule has 8 heteroatoms. The number of carbonyl (C=O) groups is 2. The van der Waals surface area contributed by atoms with Crippen LogP contribution in [0.2, 0.25) is 0 Å². The van der Waals surface area contributed by atoms with Gasteiger partial charge in [-0.1, -0.05) is 6.07 Å². The molecule has 2 heterocycles. The average Bonchev–Trinajstić information content (AvgIpc) is 3.15. The summed E-state index contributed by atoms with van der Waals surface area (Å²) in [6.07, 6.45) is 0. The summed E-state index contributed by atoms with van der Waals surface area (Å²) in [6.45, 7) is 6.00. The number of ether oxygens (including phenoxy) is 2. The molecular weight excluding hydrogens is 366 g/mol. The Bertz CT molecular complexity index is 828. The van der Waals surface area contributed by atoms with Gasteiger partial charge in [0.2, 0.25) is 5.91 Å². The molecule has 27 heavy (non-hydrogen) atoms. The molecule has 0 radical (unpaired) electrons. The molecule has 1 aromatic carbocycles. The van der Waals surface area contributed by atoms with E-state index in [1.165, 1.54) is 11.3 Å². The van der Waals surface area contributed by atoms with Gasteiger partial charge in [0.1, 0.15) is 17.3 Å². The topological polar surface area (TPSA) is 72.0 Å². The van der Waals surface area contributed by atoms with Gasteiger partial charge in [-0.2, -0.15) is 0 Å². The van der Waals surface area contributed by atoms with E-state index in [-0.39, 0.29) is 18.4 Å². The van der Waals surface area contributed by atoms with Crippen molar-refractivity contribution in [1.82, 2.24) is 14.8 Å². The number of hydrogen-bond donors (Lipinski definition) is 0. The van der Waals surface area contributed by atoms with Crippen molar-refractivity contribution in [3.05, 3.63) is 39.8 Å². The van der Waals surface area contributed by atoms with Crippen LogP contribution in [-0.4, -0.2) is 59.9 Å². The van der Waals surface area contributed by atoms with Gasteiger partial charge in [0.05, 0.1) is 7.11 Å². The number of amides is 2. The first kappa shape index (κ1) is 19.2. The quantitative estimate of drug-likeness (QED) is 0.785. The number of hydrogen-bond acceptors (Lipinski definition) is 6. The molecule has 3 rings (SSSR count). The standard InChI is InChI=1S/C19H23N3O4S/c1-13-4-5-16(17(10-13)25-3)26-11-18-20-15(12-27-18)19(24)22-8-6-21(7-9-22)14(2)23/h4-5,10,12H,6-9,11H2,1-3H3. The highest BCUT2D eigenvalue weighted by Crippen LogP contribution is 2.28. The molecule has 2 aromatic rings. The van der Waals surface area contributed by atoms with Gasteiger partial charge < -0.3 is 19.3 Å². The van der Waals surface area contributed by atoms with Crippen molar-refractivity contribution in [3.63, 3.8) is 0 Å². The molecule has 1 saturated heterocycles. The minimum absolute atomic E-state index is 0.0433. The SMILES string of the molecule is COc1cc(C)ccc1OCc1nc(C(=O)N2CCN(C(C)=O)CC2)cs1. The van der Waals surface area contributed by atoms with Crippen molar-refractivity contribution in [2.75, 3.05) is 33.3 Å². The third kappa shape index (κ3) is 4.57. The molecule has 2 amide bonds.